The van der Waals surface area contributed by atoms with Crippen LogP contribution in [0.4, 0.5) is 10.1 Å². The molecule has 1 N–H and O–H groups in total. The Balaban J connectivity index is 1.88. The first-order valence-corrected chi connectivity index (χ1v) is 13.3. The number of benzene rings is 2. The van der Waals surface area contributed by atoms with Crippen LogP contribution in [0.15, 0.2) is 48.5 Å². The number of nitrogens with zero attached hydrogens (tertiary/aromatic N) is 2. The van der Waals surface area contributed by atoms with E-state index < -0.39 is 34.3 Å². The fourth-order valence-electron chi connectivity index (χ4n) is 4.11. The minimum atomic E-state index is -3.79. The molecule has 0 aliphatic heterocycles. The van der Waals surface area contributed by atoms with Crippen molar-refractivity contribution in [1.29, 1.82) is 0 Å². The highest BCUT2D eigenvalue weighted by Gasteiger charge is 2.31. The van der Waals surface area contributed by atoms with E-state index in [1.165, 1.54) is 11.0 Å². The van der Waals surface area contributed by atoms with Crippen molar-refractivity contribution in [2.75, 3.05) is 17.1 Å². The lowest BCUT2D eigenvalue weighted by Gasteiger charge is -2.32. The van der Waals surface area contributed by atoms with Gasteiger partial charge in [0.2, 0.25) is 21.8 Å². The zero-order chi connectivity index (χ0) is 24.9. The molecule has 2 amide bonds. The van der Waals surface area contributed by atoms with Gasteiger partial charge in [0.15, 0.2) is 0 Å². The number of rotatable bonds is 9. The van der Waals surface area contributed by atoms with Gasteiger partial charge >= 0.3 is 0 Å². The minimum Gasteiger partial charge on any atom is -0.352 e. The Bertz CT molecular complexity index is 1120. The van der Waals surface area contributed by atoms with Crippen LogP contribution in [0.3, 0.4) is 0 Å². The van der Waals surface area contributed by atoms with Crippen LogP contribution < -0.4 is 9.62 Å². The minimum absolute atomic E-state index is 0.0560. The molecule has 1 aliphatic rings. The standard InChI is InChI=1S/C25H32FN3O4S/c1-18-12-14-22(15-13-18)29(34(3,32)33)17-24(30)28(16-20-8-4-7-11-23(20)26)19(2)25(31)27-21-9-5-6-10-21/h4,7-8,11-15,19,21H,5-6,9-10,16-17H2,1-3H3,(H,27,31)/t19-/m1/s1. The zero-order valence-electron chi connectivity index (χ0n) is 19.8. The third-order valence-electron chi connectivity index (χ3n) is 6.17. The molecule has 1 fully saturated rings. The summed E-state index contributed by atoms with van der Waals surface area (Å²) in [7, 11) is -3.79. The number of carbonyl (C=O) groups excluding carboxylic acids is 2. The number of halogens is 1. The van der Waals surface area contributed by atoms with Crippen LogP contribution in [0.1, 0.15) is 43.7 Å². The van der Waals surface area contributed by atoms with Crippen LogP contribution in [0.5, 0.6) is 0 Å². The molecule has 184 valence electrons. The summed E-state index contributed by atoms with van der Waals surface area (Å²) in [5, 5.41) is 2.98. The first-order valence-electron chi connectivity index (χ1n) is 11.4. The second kappa shape index (κ2) is 11.0. The Hall–Kier alpha value is -2.94. The summed E-state index contributed by atoms with van der Waals surface area (Å²) in [5.74, 6) is -1.43. The molecule has 2 aromatic carbocycles. The Labute approximate surface area is 201 Å². The maximum atomic E-state index is 14.4. The van der Waals surface area contributed by atoms with Crippen LogP contribution >= 0.6 is 0 Å². The monoisotopic (exact) mass is 489 g/mol. The Morgan fingerprint density at radius 3 is 2.29 bits per heavy atom. The number of aryl methyl sites for hydroxylation is 1. The van der Waals surface area contributed by atoms with Crippen molar-refractivity contribution in [2.45, 2.75) is 58.2 Å². The van der Waals surface area contributed by atoms with Gasteiger partial charge in [-0.15, -0.1) is 0 Å². The molecule has 1 aliphatic carbocycles. The fourth-order valence-corrected chi connectivity index (χ4v) is 4.96. The van der Waals surface area contributed by atoms with Gasteiger partial charge in [-0.25, -0.2) is 12.8 Å². The fraction of sp³-hybridized carbons (Fsp3) is 0.440. The highest BCUT2D eigenvalue weighted by atomic mass is 32.2. The Morgan fingerprint density at radius 2 is 1.71 bits per heavy atom. The molecule has 2 aromatic rings. The third kappa shape index (κ3) is 6.56. The van der Waals surface area contributed by atoms with E-state index in [1.54, 1.807) is 49.4 Å². The molecule has 34 heavy (non-hydrogen) atoms. The third-order valence-corrected chi connectivity index (χ3v) is 7.31. The molecule has 0 heterocycles. The van der Waals surface area contributed by atoms with Gasteiger partial charge in [-0.1, -0.05) is 48.7 Å². The number of amides is 2. The van der Waals surface area contributed by atoms with E-state index in [2.05, 4.69) is 5.32 Å². The molecule has 9 heteroatoms. The number of hydrogen-bond acceptors (Lipinski definition) is 4. The van der Waals surface area contributed by atoms with Gasteiger partial charge in [0.05, 0.1) is 11.9 Å². The lowest BCUT2D eigenvalue weighted by atomic mass is 10.1. The normalized spacial score (nSPS) is 15.1. The summed E-state index contributed by atoms with van der Waals surface area (Å²) in [4.78, 5) is 27.7. The summed E-state index contributed by atoms with van der Waals surface area (Å²) in [6.07, 6.45) is 4.87. The summed E-state index contributed by atoms with van der Waals surface area (Å²) >= 11 is 0. The van der Waals surface area contributed by atoms with Gasteiger partial charge < -0.3 is 10.2 Å². The van der Waals surface area contributed by atoms with Crippen LogP contribution in [0, 0.1) is 12.7 Å². The van der Waals surface area contributed by atoms with Crippen molar-refractivity contribution in [3.63, 3.8) is 0 Å². The second-order valence-corrected chi connectivity index (χ2v) is 10.8. The van der Waals surface area contributed by atoms with Crippen molar-refractivity contribution in [2.24, 2.45) is 0 Å². The van der Waals surface area contributed by atoms with Gasteiger partial charge in [0.25, 0.3) is 0 Å². The molecule has 0 bridgehead atoms. The highest BCUT2D eigenvalue weighted by molar-refractivity contribution is 7.92. The number of carbonyl (C=O) groups is 2. The van der Waals surface area contributed by atoms with Crippen LogP contribution in [-0.2, 0) is 26.2 Å². The molecule has 0 spiro atoms. The first kappa shape index (κ1) is 25.7. The molecule has 7 nitrogen and oxygen atoms in total. The number of anilines is 1. The largest absolute Gasteiger partial charge is 0.352 e. The molecule has 1 atom stereocenters. The smallest absolute Gasteiger partial charge is 0.244 e. The van der Waals surface area contributed by atoms with Crippen LogP contribution in [0.25, 0.3) is 0 Å². The molecule has 0 unspecified atom stereocenters. The molecular weight excluding hydrogens is 457 g/mol. The van der Waals surface area contributed by atoms with Crippen LogP contribution in [-0.4, -0.2) is 50.0 Å². The van der Waals surface area contributed by atoms with Crippen molar-refractivity contribution in [1.82, 2.24) is 10.2 Å². The lowest BCUT2D eigenvalue weighted by molar-refractivity contribution is -0.139. The predicted octanol–water partition coefficient (Wildman–Crippen LogP) is 3.38. The summed E-state index contributed by atoms with van der Waals surface area (Å²) in [6, 6.07) is 11.9. The maximum absolute atomic E-state index is 14.4. The van der Waals surface area contributed by atoms with Crippen molar-refractivity contribution in [3.8, 4) is 0 Å². The highest BCUT2D eigenvalue weighted by Crippen LogP contribution is 2.21. The number of nitrogens with one attached hydrogen (secondary N) is 1. The summed E-state index contributed by atoms with van der Waals surface area (Å²) in [6.45, 7) is 2.80. The van der Waals surface area contributed by atoms with Crippen molar-refractivity contribution < 1.29 is 22.4 Å². The summed E-state index contributed by atoms with van der Waals surface area (Å²) < 4.78 is 40.5. The first-order chi connectivity index (χ1) is 16.1. The van der Waals surface area contributed by atoms with Gasteiger partial charge in [-0.2, -0.15) is 0 Å². The second-order valence-electron chi connectivity index (χ2n) is 8.88. The topological polar surface area (TPSA) is 86.8 Å². The van der Waals surface area contributed by atoms with Gasteiger partial charge in [0.1, 0.15) is 18.4 Å². The van der Waals surface area contributed by atoms with E-state index in [0.29, 0.717) is 5.69 Å². The van der Waals surface area contributed by atoms with Crippen LogP contribution in [0.2, 0.25) is 0 Å². The zero-order valence-corrected chi connectivity index (χ0v) is 20.6. The average Bonchev–Trinajstić information content (AvgIpc) is 3.29. The Morgan fingerprint density at radius 1 is 1.09 bits per heavy atom. The molecular formula is C25H32FN3O4S. The quantitative estimate of drug-likeness (QED) is 0.585. The number of hydrogen-bond donors (Lipinski definition) is 1. The lowest BCUT2D eigenvalue weighted by Crippen LogP contribution is -2.52. The van der Waals surface area contributed by atoms with E-state index in [1.807, 2.05) is 6.92 Å². The van der Waals surface area contributed by atoms with E-state index >= 15 is 0 Å². The van der Waals surface area contributed by atoms with E-state index in [9.17, 15) is 22.4 Å². The van der Waals surface area contributed by atoms with Gasteiger partial charge in [0, 0.05) is 18.2 Å². The summed E-state index contributed by atoms with van der Waals surface area (Å²) in [5.41, 5.74) is 1.54. The molecule has 0 aromatic heterocycles. The molecule has 0 saturated heterocycles. The van der Waals surface area contributed by atoms with E-state index in [-0.39, 0.29) is 24.1 Å². The predicted molar refractivity (Wildman–Crippen MR) is 130 cm³/mol. The van der Waals surface area contributed by atoms with E-state index in [0.717, 1.165) is 41.8 Å². The molecule has 1 saturated carbocycles. The number of sulfonamides is 1. The van der Waals surface area contributed by atoms with Gasteiger partial charge in [-0.05, 0) is 44.9 Å². The van der Waals surface area contributed by atoms with E-state index in [4.69, 9.17) is 0 Å². The van der Waals surface area contributed by atoms with Crippen molar-refractivity contribution >= 4 is 27.5 Å². The van der Waals surface area contributed by atoms with Gasteiger partial charge in [-0.3, -0.25) is 13.9 Å². The molecule has 3 rings (SSSR count). The Kier molecular flexibility index (Phi) is 8.30. The SMILES string of the molecule is Cc1ccc(N(CC(=O)N(Cc2ccccc2F)[C@H](C)C(=O)NC2CCCC2)S(C)(=O)=O)cc1. The average molecular weight is 490 g/mol. The van der Waals surface area contributed by atoms with Crippen molar-refractivity contribution in [3.05, 3.63) is 65.5 Å². The molecule has 0 radical (unpaired) electrons. The maximum Gasteiger partial charge on any atom is 0.244 e.